The molecule has 1 rings (SSSR count). The molecule has 1 aromatic heterocycles. The van der Waals surface area contributed by atoms with Gasteiger partial charge in [0.05, 0.1) is 0 Å². The number of hydrogen-bond donors (Lipinski definition) is 1. The van der Waals surface area contributed by atoms with Crippen molar-refractivity contribution in [3.63, 3.8) is 0 Å². The molecule has 0 aliphatic carbocycles. The Morgan fingerprint density at radius 1 is 1.56 bits per heavy atom. The first-order valence-electron chi connectivity index (χ1n) is 4.59. The topological polar surface area (TPSA) is 51.2 Å². The second-order valence-electron chi connectivity index (χ2n) is 4.09. The Labute approximate surface area is 107 Å². The summed E-state index contributed by atoms with van der Waals surface area (Å²) in [6, 6.07) is 1.59. The summed E-state index contributed by atoms with van der Waals surface area (Å²) in [5.74, 6) is -0.724. The number of aromatic nitrogens is 1. The zero-order valence-corrected chi connectivity index (χ0v) is 11.3. The molecule has 0 spiro atoms. The fourth-order valence-electron chi connectivity index (χ4n) is 0.932. The summed E-state index contributed by atoms with van der Waals surface area (Å²) in [5.41, 5.74) is -0.578. The molecule has 16 heavy (non-hydrogen) atoms. The molecule has 0 fully saturated rings. The monoisotopic (exact) mass is 338 g/mol. The second-order valence-corrected chi connectivity index (χ2v) is 5.25. The molecule has 0 bridgehead atoms. The van der Waals surface area contributed by atoms with Crippen LogP contribution in [0, 0.1) is 9.52 Å². The molecule has 1 N–H and O–H groups in total. The van der Waals surface area contributed by atoms with Gasteiger partial charge in [-0.25, -0.2) is 9.78 Å². The molecule has 1 amide bonds. The summed E-state index contributed by atoms with van der Waals surface area (Å²) in [6.07, 6.45) is 0.634. The van der Waals surface area contributed by atoms with E-state index in [2.05, 4.69) is 10.3 Å². The zero-order valence-electron chi connectivity index (χ0n) is 9.17. The molecule has 6 heteroatoms. The highest BCUT2D eigenvalue weighted by atomic mass is 127. The number of halogens is 2. The van der Waals surface area contributed by atoms with Crippen molar-refractivity contribution in [3.8, 4) is 0 Å². The first-order chi connectivity index (χ1) is 7.29. The second kappa shape index (κ2) is 4.94. The van der Waals surface area contributed by atoms with E-state index in [0.29, 0.717) is 3.57 Å². The van der Waals surface area contributed by atoms with Gasteiger partial charge in [-0.15, -0.1) is 0 Å². The first-order valence-corrected chi connectivity index (χ1v) is 5.67. The van der Waals surface area contributed by atoms with Crippen LogP contribution in [0.4, 0.5) is 14.9 Å². The van der Waals surface area contributed by atoms with Gasteiger partial charge in [-0.2, -0.15) is 4.39 Å². The lowest BCUT2D eigenvalue weighted by atomic mass is 10.2. The fraction of sp³-hybridized carbons (Fsp3) is 0.400. The third-order valence-corrected chi connectivity index (χ3v) is 2.38. The Balaban J connectivity index is 2.78. The lowest BCUT2D eigenvalue weighted by molar-refractivity contribution is 0.0635. The fourth-order valence-corrected chi connectivity index (χ4v) is 1.45. The van der Waals surface area contributed by atoms with E-state index in [1.807, 2.05) is 22.6 Å². The quantitative estimate of drug-likeness (QED) is 0.632. The van der Waals surface area contributed by atoms with Gasteiger partial charge in [0.15, 0.2) is 0 Å². The van der Waals surface area contributed by atoms with Crippen molar-refractivity contribution in [2.75, 3.05) is 5.32 Å². The Hall–Kier alpha value is -0.920. The number of carbonyl (C=O) groups is 1. The van der Waals surface area contributed by atoms with E-state index in [4.69, 9.17) is 4.74 Å². The van der Waals surface area contributed by atoms with Gasteiger partial charge in [-0.1, -0.05) is 0 Å². The van der Waals surface area contributed by atoms with E-state index in [1.165, 1.54) is 6.20 Å². The molecule has 88 valence electrons. The van der Waals surface area contributed by atoms with E-state index in [9.17, 15) is 9.18 Å². The summed E-state index contributed by atoms with van der Waals surface area (Å²) < 4.78 is 18.8. The number of rotatable bonds is 1. The van der Waals surface area contributed by atoms with Crippen LogP contribution >= 0.6 is 22.6 Å². The van der Waals surface area contributed by atoms with Crippen LogP contribution in [0.5, 0.6) is 0 Å². The average molecular weight is 338 g/mol. The molecule has 0 aromatic carbocycles. The maximum atomic E-state index is 13.3. The van der Waals surface area contributed by atoms with Crippen LogP contribution in [0.2, 0.25) is 0 Å². The number of carbonyl (C=O) groups excluding carboxylic acids is 1. The molecule has 0 aliphatic rings. The minimum absolute atomic E-state index is 0.0392. The van der Waals surface area contributed by atoms with Crippen LogP contribution in [-0.4, -0.2) is 16.7 Å². The van der Waals surface area contributed by atoms with Crippen molar-refractivity contribution >= 4 is 34.4 Å². The summed E-state index contributed by atoms with van der Waals surface area (Å²) in [7, 11) is 0. The van der Waals surface area contributed by atoms with Gasteiger partial charge < -0.3 is 4.74 Å². The van der Waals surface area contributed by atoms with Crippen LogP contribution in [0.1, 0.15) is 20.8 Å². The Bertz CT molecular complexity index is 384. The number of pyridine rings is 1. The summed E-state index contributed by atoms with van der Waals surface area (Å²) in [6.45, 7) is 5.20. The van der Waals surface area contributed by atoms with Crippen molar-refractivity contribution in [2.45, 2.75) is 26.4 Å². The standard InChI is InChI=1S/C10H12FIN2O2/c1-10(2,3)16-9(15)14-7-6(12)4-5-13-8(7)11/h4-5H,1-3H3,(H,14,15). The molecule has 0 saturated heterocycles. The highest BCUT2D eigenvalue weighted by Crippen LogP contribution is 2.20. The van der Waals surface area contributed by atoms with Crippen molar-refractivity contribution < 1.29 is 13.9 Å². The molecule has 4 nitrogen and oxygen atoms in total. The van der Waals surface area contributed by atoms with Gasteiger partial charge in [-0.05, 0) is 49.4 Å². The van der Waals surface area contributed by atoms with E-state index in [0.717, 1.165) is 0 Å². The van der Waals surface area contributed by atoms with E-state index < -0.39 is 17.6 Å². The largest absolute Gasteiger partial charge is 0.444 e. The third kappa shape index (κ3) is 3.92. The molecule has 1 aromatic rings. The van der Waals surface area contributed by atoms with Gasteiger partial charge in [0.2, 0.25) is 5.95 Å². The maximum Gasteiger partial charge on any atom is 0.412 e. The van der Waals surface area contributed by atoms with Crippen molar-refractivity contribution in [2.24, 2.45) is 0 Å². The lowest BCUT2D eigenvalue weighted by Gasteiger charge is -2.19. The molecule has 0 saturated carbocycles. The van der Waals surface area contributed by atoms with Gasteiger partial charge in [0.25, 0.3) is 0 Å². The summed E-state index contributed by atoms with van der Waals surface area (Å²) in [4.78, 5) is 14.8. The Morgan fingerprint density at radius 2 is 2.19 bits per heavy atom. The molecule has 0 radical (unpaired) electrons. The highest BCUT2D eigenvalue weighted by molar-refractivity contribution is 14.1. The SMILES string of the molecule is CC(C)(C)OC(=O)Nc1c(I)ccnc1F. The van der Waals surface area contributed by atoms with Gasteiger partial charge in [-0.3, -0.25) is 5.32 Å². The van der Waals surface area contributed by atoms with E-state index in [-0.39, 0.29) is 5.69 Å². The van der Waals surface area contributed by atoms with Crippen LogP contribution in [0.25, 0.3) is 0 Å². The maximum absolute atomic E-state index is 13.3. The predicted molar refractivity (Wildman–Crippen MR) is 66.8 cm³/mol. The average Bonchev–Trinajstić information content (AvgIpc) is 2.08. The molecule has 0 aliphatic heterocycles. The molecule has 1 heterocycles. The zero-order chi connectivity index (χ0) is 12.3. The van der Waals surface area contributed by atoms with Crippen molar-refractivity contribution in [1.82, 2.24) is 4.98 Å². The number of nitrogens with one attached hydrogen (secondary N) is 1. The van der Waals surface area contributed by atoms with Crippen LogP contribution < -0.4 is 5.32 Å². The van der Waals surface area contributed by atoms with Crippen LogP contribution in [0.15, 0.2) is 12.3 Å². The van der Waals surface area contributed by atoms with E-state index >= 15 is 0 Å². The summed E-state index contributed by atoms with van der Waals surface area (Å²) >= 11 is 1.91. The molecule has 0 atom stereocenters. The lowest BCUT2D eigenvalue weighted by Crippen LogP contribution is -2.27. The molecular formula is C10H12FIN2O2. The van der Waals surface area contributed by atoms with Gasteiger partial charge >= 0.3 is 6.09 Å². The van der Waals surface area contributed by atoms with Gasteiger partial charge in [0.1, 0.15) is 11.3 Å². The molecule has 0 unspecified atom stereocenters. The normalized spacial score (nSPS) is 11.1. The van der Waals surface area contributed by atoms with Crippen LogP contribution in [0.3, 0.4) is 0 Å². The number of nitrogens with zero attached hydrogens (tertiary/aromatic N) is 1. The van der Waals surface area contributed by atoms with Crippen LogP contribution in [-0.2, 0) is 4.74 Å². The van der Waals surface area contributed by atoms with Gasteiger partial charge in [0, 0.05) is 9.77 Å². The predicted octanol–water partition coefficient (Wildman–Crippen LogP) is 3.17. The number of amides is 1. The Kier molecular flexibility index (Phi) is 4.06. The third-order valence-electron chi connectivity index (χ3n) is 1.48. The molecular weight excluding hydrogens is 326 g/mol. The summed E-state index contributed by atoms with van der Waals surface area (Å²) in [5, 5.41) is 2.33. The minimum atomic E-state index is -0.724. The first kappa shape index (κ1) is 13.1. The minimum Gasteiger partial charge on any atom is -0.444 e. The Morgan fingerprint density at radius 3 is 2.69 bits per heavy atom. The van der Waals surface area contributed by atoms with Crippen molar-refractivity contribution in [1.29, 1.82) is 0 Å². The highest BCUT2D eigenvalue weighted by Gasteiger charge is 2.18. The number of ether oxygens (including phenoxy) is 1. The van der Waals surface area contributed by atoms with E-state index in [1.54, 1.807) is 26.8 Å². The number of hydrogen-bond acceptors (Lipinski definition) is 3. The smallest absolute Gasteiger partial charge is 0.412 e. The number of anilines is 1. The van der Waals surface area contributed by atoms with Crippen molar-refractivity contribution in [3.05, 3.63) is 21.8 Å².